The van der Waals surface area contributed by atoms with Gasteiger partial charge in [0.05, 0.1) is 5.52 Å². The molecule has 1 saturated heterocycles. The van der Waals surface area contributed by atoms with E-state index >= 15 is 0 Å². The van der Waals surface area contributed by atoms with Crippen LogP contribution in [0.4, 0.5) is 5.13 Å². The highest BCUT2D eigenvalue weighted by atomic mass is 32.1. The number of hydrogen-bond acceptors (Lipinski definition) is 5. The highest BCUT2D eigenvalue weighted by Gasteiger charge is 2.23. The van der Waals surface area contributed by atoms with E-state index < -0.39 is 0 Å². The van der Waals surface area contributed by atoms with E-state index in [4.69, 9.17) is 0 Å². The van der Waals surface area contributed by atoms with Crippen LogP contribution in [0.3, 0.4) is 0 Å². The first-order valence-electron chi connectivity index (χ1n) is 8.65. The predicted octanol–water partition coefficient (Wildman–Crippen LogP) is 2.12. The zero-order valence-electron chi connectivity index (χ0n) is 14.6. The van der Waals surface area contributed by atoms with Crippen LogP contribution in [0.5, 0.6) is 0 Å². The number of aromatic nitrogens is 2. The summed E-state index contributed by atoms with van der Waals surface area (Å²) in [6, 6.07) is 9.34. The molecule has 3 heterocycles. The summed E-state index contributed by atoms with van der Waals surface area (Å²) >= 11 is 1.61. The third kappa shape index (κ3) is 3.10. The van der Waals surface area contributed by atoms with E-state index in [9.17, 15) is 9.59 Å². The average molecular weight is 368 g/mol. The molecular weight excluding hydrogens is 348 g/mol. The zero-order chi connectivity index (χ0) is 18.1. The van der Waals surface area contributed by atoms with Gasteiger partial charge in [0.1, 0.15) is 6.54 Å². The Balaban J connectivity index is 1.51. The van der Waals surface area contributed by atoms with Crippen molar-refractivity contribution < 1.29 is 4.79 Å². The quantitative estimate of drug-likeness (QED) is 0.711. The van der Waals surface area contributed by atoms with Crippen molar-refractivity contribution in [3.8, 4) is 0 Å². The first-order valence-corrected chi connectivity index (χ1v) is 9.53. The molecule has 26 heavy (non-hydrogen) atoms. The van der Waals surface area contributed by atoms with Gasteiger partial charge in [0.15, 0.2) is 5.13 Å². The van der Waals surface area contributed by atoms with Crippen molar-refractivity contribution in [3.63, 3.8) is 0 Å². The van der Waals surface area contributed by atoms with Gasteiger partial charge >= 0.3 is 0 Å². The molecule has 2 aromatic heterocycles. The van der Waals surface area contributed by atoms with Crippen molar-refractivity contribution in [2.24, 2.45) is 0 Å². The summed E-state index contributed by atoms with van der Waals surface area (Å²) < 4.78 is 1.58. The van der Waals surface area contributed by atoms with Crippen LogP contribution in [0, 0.1) is 6.92 Å². The Labute approximate surface area is 155 Å². The van der Waals surface area contributed by atoms with Gasteiger partial charge in [-0.3, -0.25) is 14.2 Å². The number of benzene rings is 1. The van der Waals surface area contributed by atoms with E-state index in [2.05, 4.69) is 9.88 Å². The lowest BCUT2D eigenvalue weighted by atomic mass is 10.1. The molecule has 1 fully saturated rings. The molecule has 0 saturated carbocycles. The number of hydrogen-bond donors (Lipinski definition) is 0. The first kappa shape index (κ1) is 16.8. The Hall–Kier alpha value is -2.67. The topological polar surface area (TPSA) is 58.4 Å². The highest BCUT2D eigenvalue weighted by Crippen LogP contribution is 2.19. The van der Waals surface area contributed by atoms with Gasteiger partial charge in [-0.1, -0.05) is 18.2 Å². The highest BCUT2D eigenvalue weighted by molar-refractivity contribution is 7.13. The summed E-state index contributed by atoms with van der Waals surface area (Å²) in [4.78, 5) is 33.6. The van der Waals surface area contributed by atoms with Crippen molar-refractivity contribution in [2.75, 3.05) is 31.1 Å². The Morgan fingerprint density at radius 3 is 2.69 bits per heavy atom. The number of piperazine rings is 1. The number of carbonyl (C=O) groups excluding carboxylic acids is 1. The molecule has 1 aliphatic rings. The number of fused-ring (bicyclic) bond motifs is 1. The number of amides is 1. The van der Waals surface area contributed by atoms with Gasteiger partial charge in [-0.25, -0.2) is 4.98 Å². The van der Waals surface area contributed by atoms with Crippen LogP contribution in [-0.2, 0) is 11.3 Å². The van der Waals surface area contributed by atoms with E-state index in [1.54, 1.807) is 28.2 Å². The number of nitrogens with zero attached hydrogens (tertiary/aromatic N) is 4. The minimum absolute atomic E-state index is 0.0140. The Morgan fingerprint density at radius 2 is 1.96 bits per heavy atom. The number of para-hydroxylation sites is 1. The second kappa shape index (κ2) is 6.92. The number of thiazole rings is 1. The Kier molecular flexibility index (Phi) is 4.46. The molecule has 0 aliphatic carbocycles. The van der Waals surface area contributed by atoms with Gasteiger partial charge in [0.25, 0.3) is 5.56 Å². The van der Waals surface area contributed by atoms with Crippen LogP contribution in [0.1, 0.15) is 5.56 Å². The fourth-order valence-corrected chi connectivity index (χ4v) is 4.12. The maximum absolute atomic E-state index is 12.8. The molecule has 1 amide bonds. The largest absolute Gasteiger partial charge is 0.345 e. The molecule has 134 valence electrons. The Bertz CT molecular complexity index is 988. The number of carbonyl (C=O) groups is 1. The third-order valence-electron chi connectivity index (χ3n) is 4.84. The van der Waals surface area contributed by atoms with E-state index in [-0.39, 0.29) is 18.0 Å². The molecule has 0 atom stereocenters. The van der Waals surface area contributed by atoms with Crippen molar-refractivity contribution in [1.29, 1.82) is 0 Å². The van der Waals surface area contributed by atoms with Gasteiger partial charge < -0.3 is 9.80 Å². The van der Waals surface area contributed by atoms with Gasteiger partial charge in [0.2, 0.25) is 5.91 Å². The van der Waals surface area contributed by atoms with E-state index in [0.29, 0.717) is 13.1 Å². The van der Waals surface area contributed by atoms with Gasteiger partial charge in [-0.05, 0) is 18.6 Å². The van der Waals surface area contributed by atoms with Crippen LogP contribution in [0.15, 0.2) is 46.7 Å². The number of aryl methyl sites for hydroxylation is 1. The van der Waals surface area contributed by atoms with Crippen molar-refractivity contribution >= 4 is 33.3 Å². The van der Waals surface area contributed by atoms with Crippen LogP contribution >= 0.6 is 11.3 Å². The van der Waals surface area contributed by atoms with Crippen LogP contribution < -0.4 is 10.5 Å². The number of pyridine rings is 1. The lowest BCUT2D eigenvalue weighted by Gasteiger charge is -2.34. The van der Waals surface area contributed by atoms with Crippen molar-refractivity contribution in [2.45, 2.75) is 13.5 Å². The molecular formula is C19H20N4O2S. The van der Waals surface area contributed by atoms with Crippen LogP contribution in [0.25, 0.3) is 10.9 Å². The summed E-state index contributed by atoms with van der Waals surface area (Å²) in [5.41, 5.74) is 1.62. The molecule has 0 unspecified atom stereocenters. The summed E-state index contributed by atoms with van der Waals surface area (Å²) in [6.45, 7) is 4.84. The molecule has 1 aromatic carbocycles. The molecule has 3 aromatic rings. The summed E-state index contributed by atoms with van der Waals surface area (Å²) in [6.07, 6.45) is 1.80. The van der Waals surface area contributed by atoms with E-state index in [0.717, 1.165) is 34.7 Å². The molecule has 0 radical (unpaired) electrons. The standard InChI is InChI=1S/C19H20N4O2S/c1-14-12-17(24)23(16-5-3-2-4-15(14)16)13-18(25)21-7-9-22(10-8-21)19-20-6-11-26-19/h2-6,11-12H,7-10,13H2,1H3. The molecule has 1 aliphatic heterocycles. The summed E-state index contributed by atoms with van der Waals surface area (Å²) in [5, 5.41) is 3.97. The first-order chi connectivity index (χ1) is 12.6. The molecule has 0 N–H and O–H groups in total. The fourth-order valence-electron chi connectivity index (χ4n) is 3.42. The maximum atomic E-state index is 12.8. The maximum Gasteiger partial charge on any atom is 0.251 e. The minimum Gasteiger partial charge on any atom is -0.345 e. The van der Waals surface area contributed by atoms with E-state index in [1.165, 1.54) is 0 Å². The molecule has 6 nitrogen and oxygen atoms in total. The normalized spacial score (nSPS) is 14.8. The van der Waals surface area contributed by atoms with Gasteiger partial charge in [-0.15, -0.1) is 11.3 Å². The van der Waals surface area contributed by atoms with Gasteiger partial charge in [0, 0.05) is 49.2 Å². The zero-order valence-corrected chi connectivity index (χ0v) is 15.4. The molecule has 0 bridgehead atoms. The predicted molar refractivity (Wildman–Crippen MR) is 104 cm³/mol. The van der Waals surface area contributed by atoms with Crippen molar-refractivity contribution in [3.05, 3.63) is 57.8 Å². The molecule has 0 spiro atoms. The molecule has 7 heteroatoms. The SMILES string of the molecule is Cc1cc(=O)n(CC(=O)N2CCN(c3nccs3)CC2)c2ccccc12. The Morgan fingerprint density at radius 1 is 1.19 bits per heavy atom. The second-order valence-electron chi connectivity index (χ2n) is 6.45. The third-order valence-corrected chi connectivity index (χ3v) is 5.67. The van der Waals surface area contributed by atoms with Crippen molar-refractivity contribution in [1.82, 2.24) is 14.5 Å². The second-order valence-corrected chi connectivity index (χ2v) is 7.32. The van der Waals surface area contributed by atoms with Gasteiger partial charge in [-0.2, -0.15) is 0 Å². The van der Waals surface area contributed by atoms with E-state index in [1.807, 2.05) is 41.5 Å². The lowest BCUT2D eigenvalue weighted by molar-refractivity contribution is -0.132. The number of anilines is 1. The van der Waals surface area contributed by atoms with Crippen LogP contribution in [0.2, 0.25) is 0 Å². The molecule has 4 rings (SSSR count). The smallest absolute Gasteiger partial charge is 0.251 e. The lowest BCUT2D eigenvalue weighted by Crippen LogP contribution is -2.50. The summed E-state index contributed by atoms with van der Waals surface area (Å²) in [7, 11) is 0. The minimum atomic E-state index is -0.129. The fraction of sp³-hybridized carbons (Fsp3) is 0.316. The average Bonchev–Trinajstić information content (AvgIpc) is 3.20. The summed E-state index contributed by atoms with van der Waals surface area (Å²) in [5.74, 6) is -0.0140. The van der Waals surface area contributed by atoms with Crippen LogP contribution in [-0.4, -0.2) is 46.5 Å². The monoisotopic (exact) mass is 368 g/mol. The number of rotatable bonds is 3.